The number of fused-ring (bicyclic) bond motifs is 4. The van der Waals surface area contributed by atoms with Crippen LogP contribution in [0.1, 0.15) is 36.7 Å². The second kappa shape index (κ2) is 8.22. The number of H-pyrrole nitrogens is 1. The molecular formula is C19H25N5O3. The van der Waals surface area contributed by atoms with E-state index in [1.807, 2.05) is 18.2 Å². The van der Waals surface area contributed by atoms with Gasteiger partial charge in [0.25, 0.3) is 0 Å². The summed E-state index contributed by atoms with van der Waals surface area (Å²) >= 11 is 0. The van der Waals surface area contributed by atoms with Gasteiger partial charge in [0.05, 0.1) is 25.0 Å². The van der Waals surface area contributed by atoms with Crippen LogP contribution in [0.4, 0.5) is 10.5 Å². The number of aromatic nitrogens is 2. The molecule has 2 aromatic rings. The number of nitrogens with one attached hydrogen (secondary N) is 2. The topological polar surface area (TPSA) is 113 Å². The van der Waals surface area contributed by atoms with Crippen molar-refractivity contribution in [3.8, 4) is 11.3 Å². The van der Waals surface area contributed by atoms with Gasteiger partial charge in [-0.3, -0.25) is 10.1 Å². The van der Waals surface area contributed by atoms with Crippen LogP contribution in [0.5, 0.6) is 0 Å². The molecule has 8 heteroatoms. The number of nitrogens with two attached hydrogens (primary N) is 1. The molecule has 1 aromatic carbocycles. The van der Waals surface area contributed by atoms with E-state index in [0.717, 1.165) is 36.1 Å². The number of carbonyl (C=O) groups excluding carboxylic acids is 2. The number of anilines is 1. The van der Waals surface area contributed by atoms with Gasteiger partial charge in [-0.25, -0.2) is 9.78 Å². The van der Waals surface area contributed by atoms with Crippen LogP contribution < -0.4 is 11.1 Å². The van der Waals surface area contributed by atoms with E-state index in [1.165, 1.54) is 7.11 Å². The number of benzene rings is 1. The summed E-state index contributed by atoms with van der Waals surface area (Å²) in [4.78, 5) is 33.1. The van der Waals surface area contributed by atoms with Crippen LogP contribution in [0.25, 0.3) is 11.3 Å². The van der Waals surface area contributed by atoms with Gasteiger partial charge < -0.3 is 20.4 Å². The lowest BCUT2D eigenvalue weighted by Crippen LogP contribution is -2.31. The van der Waals surface area contributed by atoms with Crippen molar-refractivity contribution in [3.63, 3.8) is 0 Å². The quantitative estimate of drug-likeness (QED) is 0.712. The fourth-order valence-corrected chi connectivity index (χ4v) is 3.20. The molecule has 2 amide bonds. The minimum absolute atomic E-state index is 0.0155. The number of hydrogen-bond donors (Lipinski definition) is 3. The minimum Gasteiger partial charge on any atom is -0.453 e. The van der Waals surface area contributed by atoms with Gasteiger partial charge in [0.1, 0.15) is 5.82 Å². The number of rotatable bonds is 1. The third-order valence-electron chi connectivity index (χ3n) is 4.78. The van der Waals surface area contributed by atoms with Gasteiger partial charge in [-0.1, -0.05) is 6.07 Å². The molecule has 0 spiro atoms. The van der Waals surface area contributed by atoms with E-state index in [4.69, 9.17) is 5.73 Å². The van der Waals surface area contributed by atoms with Gasteiger partial charge in [0.15, 0.2) is 0 Å². The second-order valence-corrected chi connectivity index (χ2v) is 6.75. The molecule has 27 heavy (non-hydrogen) atoms. The fraction of sp³-hybridized carbons (Fsp3) is 0.421. The van der Waals surface area contributed by atoms with Crippen molar-refractivity contribution < 1.29 is 14.3 Å². The van der Waals surface area contributed by atoms with Crippen molar-refractivity contribution in [1.29, 1.82) is 0 Å². The number of aryl methyl sites for hydroxylation is 1. The monoisotopic (exact) mass is 371 g/mol. The van der Waals surface area contributed by atoms with E-state index in [0.29, 0.717) is 18.1 Å². The van der Waals surface area contributed by atoms with Gasteiger partial charge in [0.2, 0.25) is 5.91 Å². The molecule has 2 heterocycles. The van der Waals surface area contributed by atoms with Gasteiger partial charge in [-0.15, -0.1) is 0 Å². The molecule has 1 atom stereocenters. The standard InChI is InChI=1S/C19H25N5O3/c1-24-8-4-3-5-12-9-13(22-19(26)27-2)6-7-14(12)16-11-21-18(23-16)15(20)10-17(24)25/h6-7,9,11,15H,3-5,8,10,20H2,1-2H3,(H,21,23)(H,22,26)/t15-/m0/s1. The molecule has 8 nitrogen and oxygen atoms in total. The average molecular weight is 371 g/mol. The van der Waals surface area contributed by atoms with Crippen LogP contribution in [-0.2, 0) is 16.0 Å². The number of carbonyl (C=O) groups is 2. The summed E-state index contributed by atoms with van der Waals surface area (Å²) in [6.45, 7) is 0.684. The lowest BCUT2D eigenvalue weighted by Gasteiger charge is -2.18. The Kier molecular flexibility index (Phi) is 5.75. The Morgan fingerprint density at radius 2 is 2.22 bits per heavy atom. The van der Waals surface area contributed by atoms with Gasteiger partial charge in [0, 0.05) is 31.3 Å². The normalized spacial score (nSPS) is 18.0. The largest absolute Gasteiger partial charge is 0.453 e. The Labute approximate surface area is 158 Å². The zero-order chi connectivity index (χ0) is 19.4. The predicted octanol–water partition coefficient (Wildman–Crippen LogP) is 2.44. The van der Waals surface area contributed by atoms with Crippen molar-refractivity contribution in [3.05, 3.63) is 35.8 Å². The minimum atomic E-state index is -0.505. The van der Waals surface area contributed by atoms with Crippen molar-refractivity contribution >= 4 is 17.7 Å². The SMILES string of the molecule is COC(=O)Nc1ccc2c(c1)CCCCN(C)C(=O)C[C@H](N)c1ncc-2[nH]1. The number of hydrogen-bond acceptors (Lipinski definition) is 5. The zero-order valence-corrected chi connectivity index (χ0v) is 15.6. The maximum absolute atomic E-state index is 12.3. The van der Waals surface area contributed by atoms with Gasteiger partial charge in [-0.05, 0) is 37.0 Å². The maximum atomic E-state index is 12.3. The van der Waals surface area contributed by atoms with Crippen LogP contribution in [0, 0.1) is 0 Å². The van der Waals surface area contributed by atoms with Crippen LogP contribution >= 0.6 is 0 Å². The fourth-order valence-electron chi connectivity index (χ4n) is 3.20. The molecule has 0 fully saturated rings. The highest BCUT2D eigenvalue weighted by Crippen LogP contribution is 2.28. The highest BCUT2D eigenvalue weighted by Gasteiger charge is 2.19. The Morgan fingerprint density at radius 1 is 1.41 bits per heavy atom. The average Bonchev–Trinajstić information content (AvgIpc) is 3.14. The van der Waals surface area contributed by atoms with Crippen LogP contribution in [-0.4, -0.2) is 47.6 Å². The number of imidazole rings is 1. The lowest BCUT2D eigenvalue weighted by atomic mass is 9.99. The summed E-state index contributed by atoms with van der Waals surface area (Å²) in [5, 5.41) is 2.70. The molecule has 0 saturated carbocycles. The van der Waals surface area contributed by atoms with Gasteiger partial charge >= 0.3 is 6.09 Å². The number of nitrogens with zero attached hydrogens (tertiary/aromatic N) is 2. The zero-order valence-electron chi connectivity index (χ0n) is 15.6. The Morgan fingerprint density at radius 3 is 3.00 bits per heavy atom. The molecule has 1 aliphatic rings. The number of aromatic amines is 1. The molecule has 1 aliphatic heterocycles. The molecular weight excluding hydrogens is 346 g/mol. The molecule has 0 aliphatic carbocycles. The summed E-state index contributed by atoms with van der Waals surface area (Å²) in [5.41, 5.74) is 9.78. The summed E-state index contributed by atoms with van der Waals surface area (Å²) in [5.74, 6) is 0.607. The summed E-state index contributed by atoms with van der Waals surface area (Å²) in [6, 6.07) is 5.24. The summed E-state index contributed by atoms with van der Waals surface area (Å²) < 4.78 is 4.66. The Hall–Kier alpha value is -2.87. The molecule has 1 aromatic heterocycles. The van der Waals surface area contributed by atoms with Crippen molar-refractivity contribution in [2.45, 2.75) is 31.7 Å². The van der Waals surface area contributed by atoms with E-state index in [-0.39, 0.29) is 12.3 Å². The molecule has 4 N–H and O–H groups in total. The van der Waals surface area contributed by atoms with E-state index in [2.05, 4.69) is 20.0 Å². The number of ether oxygens (including phenoxy) is 1. The van der Waals surface area contributed by atoms with E-state index in [9.17, 15) is 9.59 Å². The molecule has 144 valence electrons. The van der Waals surface area contributed by atoms with Crippen LogP contribution in [0.2, 0.25) is 0 Å². The van der Waals surface area contributed by atoms with Crippen molar-refractivity contribution in [2.24, 2.45) is 5.73 Å². The highest BCUT2D eigenvalue weighted by molar-refractivity contribution is 5.85. The summed E-state index contributed by atoms with van der Waals surface area (Å²) in [7, 11) is 3.13. The highest BCUT2D eigenvalue weighted by atomic mass is 16.5. The predicted molar refractivity (Wildman–Crippen MR) is 102 cm³/mol. The molecule has 0 radical (unpaired) electrons. The summed E-state index contributed by atoms with van der Waals surface area (Å²) in [6.07, 6.45) is 4.07. The first-order valence-electron chi connectivity index (χ1n) is 9.00. The Bertz CT molecular complexity index is 833. The van der Waals surface area contributed by atoms with E-state index < -0.39 is 12.1 Å². The first-order valence-corrected chi connectivity index (χ1v) is 9.00. The first-order chi connectivity index (χ1) is 13.0. The maximum Gasteiger partial charge on any atom is 0.411 e. The molecule has 2 bridgehead atoms. The smallest absolute Gasteiger partial charge is 0.411 e. The third-order valence-corrected chi connectivity index (χ3v) is 4.78. The van der Waals surface area contributed by atoms with Crippen LogP contribution in [0.15, 0.2) is 24.4 Å². The van der Waals surface area contributed by atoms with E-state index in [1.54, 1.807) is 18.1 Å². The van der Waals surface area contributed by atoms with E-state index >= 15 is 0 Å². The second-order valence-electron chi connectivity index (χ2n) is 6.75. The molecule has 3 rings (SSSR count). The third kappa shape index (κ3) is 4.46. The Balaban J connectivity index is 1.95. The van der Waals surface area contributed by atoms with Crippen molar-refractivity contribution in [2.75, 3.05) is 26.0 Å². The molecule has 0 saturated heterocycles. The first kappa shape index (κ1) is 18.9. The number of methoxy groups -OCH3 is 1. The van der Waals surface area contributed by atoms with Gasteiger partial charge in [-0.2, -0.15) is 0 Å². The lowest BCUT2D eigenvalue weighted by molar-refractivity contribution is -0.130. The van der Waals surface area contributed by atoms with Crippen LogP contribution in [0.3, 0.4) is 0 Å². The number of amides is 2. The van der Waals surface area contributed by atoms with Crippen molar-refractivity contribution in [1.82, 2.24) is 14.9 Å². The molecule has 0 unspecified atom stereocenters.